The molecule has 1 aliphatic rings. The molecule has 0 radical (unpaired) electrons. The Morgan fingerprint density at radius 1 is 1.24 bits per heavy atom. The second kappa shape index (κ2) is 10.9. The minimum Gasteiger partial charge on any atom is -0.384 e. The molecule has 3 N–H and O–H groups in total. The highest BCUT2D eigenvalue weighted by Gasteiger charge is 2.40. The quantitative estimate of drug-likeness (QED) is 0.584. The number of hydrogen-bond donors (Lipinski definition) is 3. The average Bonchev–Trinajstić information content (AvgIpc) is 3.15. The summed E-state index contributed by atoms with van der Waals surface area (Å²) in [5, 5.41) is 13.0. The maximum atomic E-state index is 12.8. The van der Waals surface area contributed by atoms with Crippen molar-refractivity contribution in [3.63, 3.8) is 0 Å². The van der Waals surface area contributed by atoms with Gasteiger partial charge < -0.3 is 15.4 Å². The largest absolute Gasteiger partial charge is 0.384 e. The van der Waals surface area contributed by atoms with Crippen LogP contribution in [0.4, 0.5) is 5.95 Å². The second-order valence-corrected chi connectivity index (χ2v) is 6.95. The van der Waals surface area contributed by atoms with Gasteiger partial charge in [-0.2, -0.15) is 0 Å². The van der Waals surface area contributed by atoms with Gasteiger partial charge in [0.2, 0.25) is 17.8 Å². The van der Waals surface area contributed by atoms with E-state index in [1.165, 1.54) is 11.0 Å². The van der Waals surface area contributed by atoms with Crippen LogP contribution in [0.2, 0.25) is 0 Å². The van der Waals surface area contributed by atoms with Crippen LogP contribution < -0.4 is 16.0 Å². The summed E-state index contributed by atoms with van der Waals surface area (Å²) in [5.41, 5.74) is 0.436. The Morgan fingerprint density at radius 2 is 1.97 bits per heavy atom. The van der Waals surface area contributed by atoms with Gasteiger partial charge in [0, 0.05) is 13.7 Å². The number of carbonyl (C=O) groups excluding carboxylic acids is 2. The van der Waals surface area contributed by atoms with E-state index in [4.69, 9.17) is 4.74 Å². The van der Waals surface area contributed by atoms with Gasteiger partial charge in [0.25, 0.3) is 0 Å². The first kappa shape index (κ1) is 22.8. The molecule has 0 bridgehead atoms. The third-order valence-electron chi connectivity index (χ3n) is 4.86. The molecule has 29 heavy (non-hydrogen) atoms. The summed E-state index contributed by atoms with van der Waals surface area (Å²) in [4.78, 5) is 29.0. The summed E-state index contributed by atoms with van der Waals surface area (Å²) >= 11 is 0. The first-order valence-electron chi connectivity index (χ1n) is 9.32. The third-order valence-corrected chi connectivity index (χ3v) is 4.86. The normalized spacial score (nSPS) is 15.2. The number of amides is 2. The molecule has 0 spiro atoms. The Bertz CT molecular complexity index is 787. The van der Waals surface area contributed by atoms with E-state index < -0.39 is 5.41 Å². The van der Waals surface area contributed by atoms with Crippen LogP contribution in [-0.4, -0.2) is 53.4 Å². The van der Waals surface area contributed by atoms with Crippen molar-refractivity contribution >= 4 is 30.2 Å². The Morgan fingerprint density at radius 3 is 2.66 bits per heavy atom. The van der Waals surface area contributed by atoms with Gasteiger partial charge in [-0.05, 0) is 31.5 Å². The van der Waals surface area contributed by atoms with Gasteiger partial charge in [0.1, 0.15) is 12.9 Å². The zero-order chi connectivity index (χ0) is 19.8. The molecule has 2 amide bonds. The average molecular weight is 423 g/mol. The lowest BCUT2D eigenvalue weighted by molar-refractivity contribution is -0.130. The predicted molar refractivity (Wildman–Crippen MR) is 111 cm³/mol. The fourth-order valence-corrected chi connectivity index (χ4v) is 3.28. The van der Waals surface area contributed by atoms with Gasteiger partial charge in [-0.25, -0.2) is 9.67 Å². The summed E-state index contributed by atoms with van der Waals surface area (Å²) < 4.78 is 6.68. The van der Waals surface area contributed by atoms with Crippen LogP contribution in [0.5, 0.6) is 0 Å². The van der Waals surface area contributed by atoms with E-state index in [9.17, 15) is 9.59 Å². The molecule has 3 rings (SSSR count). The summed E-state index contributed by atoms with van der Waals surface area (Å²) in [6.45, 7) is 2.36. The molecular weight excluding hydrogens is 396 g/mol. The first-order chi connectivity index (χ1) is 13.6. The molecule has 9 nitrogen and oxygen atoms in total. The SMILES string of the molecule is COCC1(C(=O)Nc2ncn(CC(=O)NCc3ccccc3)n2)CCNCC1.Cl. The molecule has 2 heterocycles. The maximum Gasteiger partial charge on any atom is 0.248 e. The number of carbonyl (C=O) groups is 2. The molecule has 158 valence electrons. The van der Waals surface area contributed by atoms with E-state index in [1.54, 1.807) is 7.11 Å². The molecule has 0 unspecified atom stereocenters. The van der Waals surface area contributed by atoms with Crippen molar-refractivity contribution in [2.45, 2.75) is 25.9 Å². The number of halogens is 1. The Hall–Kier alpha value is -2.49. The molecule has 1 saturated heterocycles. The van der Waals surface area contributed by atoms with Crippen LogP contribution >= 0.6 is 12.4 Å². The number of methoxy groups -OCH3 is 1. The predicted octanol–water partition coefficient (Wildman–Crippen LogP) is 0.971. The fraction of sp³-hybridized carbons (Fsp3) is 0.474. The minimum atomic E-state index is -0.585. The maximum absolute atomic E-state index is 12.8. The van der Waals surface area contributed by atoms with Crippen LogP contribution in [0, 0.1) is 5.41 Å². The zero-order valence-electron chi connectivity index (χ0n) is 16.4. The number of aromatic nitrogens is 3. The van der Waals surface area contributed by atoms with Gasteiger partial charge in [-0.3, -0.25) is 14.9 Å². The first-order valence-corrected chi connectivity index (χ1v) is 9.32. The highest BCUT2D eigenvalue weighted by molar-refractivity contribution is 5.94. The van der Waals surface area contributed by atoms with Crippen molar-refractivity contribution in [2.24, 2.45) is 5.41 Å². The van der Waals surface area contributed by atoms with Crippen molar-refractivity contribution in [3.8, 4) is 0 Å². The van der Waals surface area contributed by atoms with Crippen molar-refractivity contribution < 1.29 is 14.3 Å². The summed E-state index contributed by atoms with van der Waals surface area (Å²) in [6, 6.07) is 9.66. The molecule has 0 saturated carbocycles. The number of ether oxygens (including phenoxy) is 1. The van der Waals surface area contributed by atoms with Gasteiger partial charge in [-0.15, -0.1) is 17.5 Å². The van der Waals surface area contributed by atoms with E-state index in [0.717, 1.165) is 18.7 Å². The number of hydrogen-bond acceptors (Lipinski definition) is 6. The summed E-state index contributed by atoms with van der Waals surface area (Å²) in [7, 11) is 1.60. The van der Waals surface area contributed by atoms with Gasteiger partial charge in [0.15, 0.2) is 0 Å². The highest BCUT2D eigenvalue weighted by Crippen LogP contribution is 2.30. The summed E-state index contributed by atoms with van der Waals surface area (Å²) in [6.07, 6.45) is 2.81. The Labute approximate surface area is 176 Å². The van der Waals surface area contributed by atoms with Crippen molar-refractivity contribution in [1.82, 2.24) is 25.4 Å². The van der Waals surface area contributed by atoms with Gasteiger partial charge >= 0.3 is 0 Å². The van der Waals surface area contributed by atoms with Crippen LogP contribution in [0.25, 0.3) is 0 Å². The molecule has 1 aromatic heterocycles. The van der Waals surface area contributed by atoms with Crippen LogP contribution in [-0.2, 0) is 27.4 Å². The van der Waals surface area contributed by atoms with Crippen LogP contribution in [0.3, 0.4) is 0 Å². The van der Waals surface area contributed by atoms with Crippen molar-refractivity contribution in [2.75, 3.05) is 32.1 Å². The molecule has 0 atom stereocenters. The van der Waals surface area contributed by atoms with E-state index >= 15 is 0 Å². The Kier molecular flexibility index (Phi) is 8.56. The standard InChI is InChI=1S/C19H26N6O3.ClH/c1-28-13-19(7-9-20-10-8-19)17(27)23-18-22-14-25(24-18)12-16(26)21-11-15-5-3-2-4-6-15;/h2-6,14,20H,7-13H2,1H3,(H,21,26)(H,23,24,27);1H. The lowest BCUT2D eigenvalue weighted by atomic mass is 9.79. The van der Waals surface area contributed by atoms with Crippen molar-refractivity contribution in [3.05, 3.63) is 42.2 Å². The number of rotatable bonds is 8. The highest BCUT2D eigenvalue weighted by atomic mass is 35.5. The molecule has 0 aliphatic carbocycles. The number of nitrogens with one attached hydrogen (secondary N) is 3. The zero-order valence-corrected chi connectivity index (χ0v) is 17.2. The smallest absolute Gasteiger partial charge is 0.248 e. The minimum absolute atomic E-state index is 0. The topological polar surface area (TPSA) is 110 Å². The monoisotopic (exact) mass is 422 g/mol. The van der Waals surface area contributed by atoms with E-state index in [0.29, 0.717) is 26.0 Å². The lowest BCUT2D eigenvalue weighted by Crippen LogP contribution is -2.47. The number of nitrogens with zero attached hydrogens (tertiary/aromatic N) is 3. The fourth-order valence-electron chi connectivity index (χ4n) is 3.28. The third kappa shape index (κ3) is 6.25. The summed E-state index contributed by atoms with van der Waals surface area (Å²) in [5.74, 6) is -0.141. The lowest BCUT2D eigenvalue weighted by Gasteiger charge is -2.35. The molecule has 1 aromatic carbocycles. The van der Waals surface area contributed by atoms with Gasteiger partial charge in [0.05, 0.1) is 12.0 Å². The molecule has 1 fully saturated rings. The van der Waals surface area contributed by atoms with E-state index in [1.807, 2.05) is 30.3 Å². The molecule has 1 aliphatic heterocycles. The second-order valence-electron chi connectivity index (χ2n) is 6.95. The molecule has 2 aromatic rings. The van der Waals surface area contributed by atoms with E-state index in [-0.39, 0.29) is 36.7 Å². The molecule has 10 heteroatoms. The van der Waals surface area contributed by atoms with Crippen LogP contribution in [0.1, 0.15) is 18.4 Å². The van der Waals surface area contributed by atoms with E-state index in [2.05, 4.69) is 26.0 Å². The molecular formula is C19H27ClN6O3. The Balaban J connectivity index is 0.00000300. The van der Waals surface area contributed by atoms with Crippen LogP contribution in [0.15, 0.2) is 36.7 Å². The number of piperidine rings is 1. The van der Waals surface area contributed by atoms with Gasteiger partial charge in [-0.1, -0.05) is 30.3 Å². The number of benzene rings is 1. The number of anilines is 1. The van der Waals surface area contributed by atoms with Crippen molar-refractivity contribution in [1.29, 1.82) is 0 Å².